The average molecular weight is 366 g/mol. The first-order valence-corrected chi connectivity index (χ1v) is 10.3. The second-order valence-corrected chi connectivity index (χ2v) is 8.16. The normalized spacial score (nSPS) is 24.6. The van der Waals surface area contributed by atoms with Gasteiger partial charge in [-0.1, -0.05) is 30.3 Å². The number of hydrogen-bond donors (Lipinski definition) is 0. The molecule has 144 valence electrons. The second kappa shape index (κ2) is 9.08. The highest BCUT2D eigenvalue weighted by Crippen LogP contribution is 2.25. The Hall–Kier alpha value is -2.28. The predicted molar refractivity (Wildman–Crippen MR) is 108 cm³/mol. The number of nitriles is 1. The first-order valence-electron chi connectivity index (χ1n) is 10.3. The molecule has 0 aromatic heterocycles. The van der Waals surface area contributed by atoms with Crippen LogP contribution in [0.1, 0.15) is 51.5 Å². The standard InChI is InChI=1S/C23H31N3O/c1-18-7-6-8-19(2)26(18)17-22(16-24)23(27)25-13-11-21(12-14-25)15-20-9-4-3-5-10-20/h3-5,9-10,17-19,21H,6-8,11-15H2,1-2H3/b22-17-. The fourth-order valence-electron chi connectivity index (χ4n) is 4.43. The van der Waals surface area contributed by atoms with E-state index in [1.165, 1.54) is 12.0 Å². The third-order valence-electron chi connectivity index (χ3n) is 6.16. The lowest BCUT2D eigenvalue weighted by atomic mass is 9.90. The molecule has 2 atom stereocenters. The number of nitrogens with zero attached hydrogens (tertiary/aromatic N) is 3. The predicted octanol–water partition coefficient (Wildman–Crippen LogP) is 4.14. The van der Waals surface area contributed by atoms with Crippen LogP contribution in [0.4, 0.5) is 0 Å². The van der Waals surface area contributed by atoms with Gasteiger partial charge in [-0.25, -0.2) is 0 Å². The Kier molecular flexibility index (Phi) is 6.55. The maximum Gasteiger partial charge on any atom is 0.266 e. The van der Waals surface area contributed by atoms with Crippen LogP contribution in [0.15, 0.2) is 42.1 Å². The van der Waals surface area contributed by atoms with Crippen LogP contribution in [0.5, 0.6) is 0 Å². The Morgan fingerprint density at radius 1 is 1.11 bits per heavy atom. The topological polar surface area (TPSA) is 47.3 Å². The smallest absolute Gasteiger partial charge is 0.266 e. The van der Waals surface area contributed by atoms with Crippen molar-refractivity contribution < 1.29 is 4.79 Å². The molecule has 0 aliphatic carbocycles. The fourth-order valence-corrected chi connectivity index (χ4v) is 4.43. The maximum atomic E-state index is 12.9. The monoisotopic (exact) mass is 365 g/mol. The number of piperidine rings is 2. The summed E-state index contributed by atoms with van der Waals surface area (Å²) >= 11 is 0. The van der Waals surface area contributed by atoms with E-state index in [2.05, 4.69) is 49.1 Å². The Labute approximate surface area is 163 Å². The molecule has 0 spiro atoms. The summed E-state index contributed by atoms with van der Waals surface area (Å²) in [5.74, 6) is 0.522. The van der Waals surface area contributed by atoms with E-state index < -0.39 is 0 Å². The molecule has 0 bridgehead atoms. The molecule has 1 aromatic rings. The first-order chi connectivity index (χ1) is 13.1. The Bertz CT molecular complexity index is 688. The highest BCUT2D eigenvalue weighted by Gasteiger charge is 2.28. The van der Waals surface area contributed by atoms with Gasteiger partial charge in [0, 0.05) is 31.4 Å². The summed E-state index contributed by atoms with van der Waals surface area (Å²) in [6.45, 7) is 5.86. The van der Waals surface area contributed by atoms with Crippen LogP contribution in [-0.4, -0.2) is 40.9 Å². The molecule has 4 nitrogen and oxygen atoms in total. The van der Waals surface area contributed by atoms with E-state index in [1.54, 1.807) is 0 Å². The van der Waals surface area contributed by atoms with Crippen molar-refractivity contribution in [1.82, 2.24) is 9.80 Å². The summed E-state index contributed by atoms with van der Waals surface area (Å²) in [5.41, 5.74) is 1.66. The molecule has 0 radical (unpaired) electrons. The number of likely N-dealkylation sites (tertiary alicyclic amines) is 2. The molecular weight excluding hydrogens is 334 g/mol. The minimum absolute atomic E-state index is 0.0966. The summed E-state index contributed by atoms with van der Waals surface area (Å²) in [4.78, 5) is 17.0. The molecule has 1 aromatic carbocycles. The highest BCUT2D eigenvalue weighted by molar-refractivity contribution is 5.97. The van der Waals surface area contributed by atoms with Gasteiger partial charge in [-0.05, 0) is 63.9 Å². The number of amides is 1. The fraction of sp³-hybridized carbons (Fsp3) is 0.565. The van der Waals surface area contributed by atoms with Crippen molar-refractivity contribution in [3.05, 3.63) is 47.7 Å². The summed E-state index contributed by atoms with van der Waals surface area (Å²) in [6, 6.07) is 13.5. The molecule has 1 amide bonds. The van der Waals surface area contributed by atoms with Gasteiger partial charge in [0.25, 0.3) is 5.91 Å². The van der Waals surface area contributed by atoms with Gasteiger partial charge in [0.15, 0.2) is 0 Å². The van der Waals surface area contributed by atoms with Crippen molar-refractivity contribution in [3.63, 3.8) is 0 Å². The van der Waals surface area contributed by atoms with Crippen molar-refractivity contribution in [2.24, 2.45) is 5.92 Å². The Balaban J connectivity index is 1.58. The lowest BCUT2D eigenvalue weighted by Crippen LogP contribution is -2.42. The zero-order valence-electron chi connectivity index (χ0n) is 16.6. The van der Waals surface area contributed by atoms with Crippen molar-refractivity contribution in [1.29, 1.82) is 5.26 Å². The van der Waals surface area contributed by atoms with Crippen molar-refractivity contribution >= 4 is 5.91 Å². The number of rotatable bonds is 4. The number of carbonyl (C=O) groups excluding carboxylic acids is 1. The van der Waals surface area contributed by atoms with E-state index in [9.17, 15) is 10.1 Å². The highest BCUT2D eigenvalue weighted by atomic mass is 16.2. The minimum Gasteiger partial charge on any atom is -0.371 e. The molecule has 0 N–H and O–H groups in total. The number of carbonyl (C=O) groups is 1. The maximum absolute atomic E-state index is 12.9. The van der Waals surface area contributed by atoms with Crippen molar-refractivity contribution in [2.75, 3.05) is 13.1 Å². The largest absolute Gasteiger partial charge is 0.371 e. The van der Waals surface area contributed by atoms with E-state index in [4.69, 9.17) is 0 Å². The Morgan fingerprint density at radius 3 is 2.33 bits per heavy atom. The Morgan fingerprint density at radius 2 is 1.74 bits per heavy atom. The van der Waals surface area contributed by atoms with Crippen LogP contribution in [-0.2, 0) is 11.2 Å². The van der Waals surface area contributed by atoms with Gasteiger partial charge in [0.1, 0.15) is 11.6 Å². The van der Waals surface area contributed by atoms with Crippen LogP contribution in [0, 0.1) is 17.2 Å². The van der Waals surface area contributed by atoms with Crippen molar-refractivity contribution in [2.45, 2.75) is 64.5 Å². The summed E-state index contributed by atoms with van der Waals surface area (Å²) < 4.78 is 0. The number of benzene rings is 1. The molecule has 2 saturated heterocycles. The molecule has 2 unspecified atom stereocenters. The lowest BCUT2D eigenvalue weighted by Gasteiger charge is -2.39. The van der Waals surface area contributed by atoms with Gasteiger partial charge in [-0.3, -0.25) is 4.79 Å². The van der Waals surface area contributed by atoms with Crippen molar-refractivity contribution in [3.8, 4) is 6.07 Å². The van der Waals surface area contributed by atoms with E-state index >= 15 is 0 Å². The third kappa shape index (κ3) is 4.91. The lowest BCUT2D eigenvalue weighted by molar-refractivity contribution is -0.128. The molecule has 2 aliphatic rings. The number of hydrogen-bond acceptors (Lipinski definition) is 3. The van der Waals surface area contributed by atoms with E-state index in [0.717, 1.165) is 45.2 Å². The second-order valence-electron chi connectivity index (χ2n) is 8.16. The summed E-state index contributed by atoms with van der Waals surface area (Å²) in [7, 11) is 0. The van der Waals surface area contributed by atoms with Gasteiger partial charge >= 0.3 is 0 Å². The van der Waals surface area contributed by atoms with Gasteiger partial charge in [-0.2, -0.15) is 5.26 Å². The van der Waals surface area contributed by atoms with E-state index in [0.29, 0.717) is 18.0 Å². The van der Waals surface area contributed by atoms with Gasteiger partial charge in [0.2, 0.25) is 0 Å². The molecule has 27 heavy (non-hydrogen) atoms. The molecule has 2 fully saturated rings. The summed E-state index contributed by atoms with van der Waals surface area (Å²) in [6.07, 6.45) is 8.39. The third-order valence-corrected chi connectivity index (χ3v) is 6.16. The molecule has 2 aliphatic heterocycles. The molecular formula is C23H31N3O. The summed E-state index contributed by atoms with van der Waals surface area (Å²) in [5, 5.41) is 9.58. The molecule has 0 saturated carbocycles. The SMILES string of the molecule is CC1CCCC(C)N1/C=C(/C#N)C(=O)N1CCC(Cc2ccccc2)CC1. The minimum atomic E-state index is -0.0966. The van der Waals surface area contributed by atoms with Crippen LogP contribution >= 0.6 is 0 Å². The van der Waals surface area contributed by atoms with Crippen LogP contribution < -0.4 is 0 Å². The molecule has 3 rings (SSSR count). The quantitative estimate of drug-likeness (QED) is 0.595. The van der Waals surface area contributed by atoms with Gasteiger partial charge < -0.3 is 9.80 Å². The van der Waals surface area contributed by atoms with Gasteiger partial charge in [-0.15, -0.1) is 0 Å². The van der Waals surface area contributed by atoms with Crippen LogP contribution in [0.25, 0.3) is 0 Å². The van der Waals surface area contributed by atoms with Gasteiger partial charge in [0.05, 0.1) is 0 Å². The molecule has 2 heterocycles. The zero-order valence-corrected chi connectivity index (χ0v) is 16.6. The zero-order chi connectivity index (χ0) is 19.2. The first kappa shape index (κ1) is 19.5. The van der Waals surface area contributed by atoms with E-state index in [1.807, 2.05) is 17.2 Å². The van der Waals surface area contributed by atoms with Crippen LogP contribution in [0.3, 0.4) is 0 Å². The molecule has 4 heteroatoms. The average Bonchev–Trinajstić information content (AvgIpc) is 2.69. The van der Waals surface area contributed by atoms with E-state index in [-0.39, 0.29) is 11.5 Å². The van der Waals surface area contributed by atoms with Crippen LogP contribution in [0.2, 0.25) is 0 Å².